The molecule has 0 aromatic rings. The van der Waals surface area contributed by atoms with E-state index in [4.69, 9.17) is 14.9 Å². The van der Waals surface area contributed by atoms with E-state index < -0.39 is 55.2 Å². The third kappa shape index (κ3) is 15.9. The minimum absolute atomic E-state index is 0.0642. The Balaban J connectivity index is 4.34. The van der Waals surface area contributed by atoms with Gasteiger partial charge in [0, 0.05) is 0 Å². The Labute approximate surface area is 215 Å². The van der Waals surface area contributed by atoms with Gasteiger partial charge in [0.25, 0.3) is 0 Å². The molecule has 5 N–H and O–H groups in total. The lowest BCUT2D eigenvalue weighted by Gasteiger charge is -2.30. The Bertz CT molecular complexity index is 635. The number of carboxylic acids is 2. The van der Waals surface area contributed by atoms with Gasteiger partial charge in [-0.1, -0.05) is 83.3 Å². The number of rotatable bonds is 24. The van der Waals surface area contributed by atoms with E-state index in [0.717, 1.165) is 38.5 Å². The van der Waals surface area contributed by atoms with Crippen LogP contribution in [0.5, 0.6) is 0 Å². The van der Waals surface area contributed by atoms with Gasteiger partial charge in [-0.25, -0.2) is 4.79 Å². The molecule has 0 heterocycles. The summed E-state index contributed by atoms with van der Waals surface area (Å²) in [5.41, 5.74) is -2.82. The predicted octanol–water partition coefficient (Wildman–Crippen LogP) is 4.22. The molecule has 0 amide bonds. The van der Waals surface area contributed by atoms with Crippen LogP contribution >= 0.6 is 0 Å². The number of allylic oxidation sites excluding steroid dienone is 2. The Morgan fingerprint density at radius 1 is 0.833 bits per heavy atom. The second-order valence-corrected chi connectivity index (χ2v) is 9.55. The maximum absolute atomic E-state index is 12.4. The molecule has 9 nitrogen and oxygen atoms in total. The first-order chi connectivity index (χ1) is 17.2. The highest BCUT2D eigenvalue weighted by Gasteiger charge is 2.50. The van der Waals surface area contributed by atoms with Gasteiger partial charge in [-0.15, -0.1) is 0 Å². The number of aliphatic carboxylic acids is 2. The molecular formula is C27H48O9. The fraction of sp³-hybridized carbons (Fsp3) is 0.815. The lowest BCUT2D eigenvalue weighted by Crippen LogP contribution is -2.51. The fourth-order valence-corrected chi connectivity index (χ4v) is 4.06. The lowest BCUT2D eigenvalue weighted by molar-refractivity contribution is -0.183. The van der Waals surface area contributed by atoms with Crippen LogP contribution in [-0.4, -0.2) is 68.4 Å². The van der Waals surface area contributed by atoms with Gasteiger partial charge in [0.05, 0.1) is 18.9 Å². The molecule has 0 aliphatic heterocycles. The van der Waals surface area contributed by atoms with E-state index in [0.29, 0.717) is 12.8 Å². The molecule has 0 aliphatic rings. The third-order valence-electron chi connectivity index (χ3n) is 6.29. The van der Waals surface area contributed by atoms with E-state index in [1.807, 2.05) is 0 Å². The van der Waals surface area contributed by atoms with Crippen molar-refractivity contribution in [2.75, 3.05) is 13.2 Å². The molecule has 0 saturated carbocycles. The summed E-state index contributed by atoms with van der Waals surface area (Å²) >= 11 is 0. The summed E-state index contributed by atoms with van der Waals surface area (Å²) in [7, 11) is 0. The largest absolute Gasteiger partial charge is 0.481 e. The Kier molecular flexibility index (Phi) is 20.0. The number of hydrogen-bond acceptors (Lipinski definition) is 7. The first kappa shape index (κ1) is 34.0. The molecule has 36 heavy (non-hydrogen) atoms. The number of esters is 1. The smallest absolute Gasteiger partial charge is 0.337 e. The number of ether oxygens (including phenoxy) is 1. The zero-order chi connectivity index (χ0) is 27.2. The van der Waals surface area contributed by atoms with E-state index in [-0.39, 0.29) is 6.42 Å². The maximum Gasteiger partial charge on any atom is 0.337 e. The van der Waals surface area contributed by atoms with E-state index in [2.05, 4.69) is 19.1 Å². The number of unbranched alkanes of at least 4 members (excludes halogenated alkanes) is 12. The number of carbonyl (C=O) groups is 3. The zero-order valence-electron chi connectivity index (χ0n) is 21.9. The molecule has 0 aliphatic carbocycles. The van der Waals surface area contributed by atoms with Crippen LogP contribution < -0.4 is 0 Å². The number of carboxylic acid groups (broad SMARTS) is 2. The second-order valence-electron chi connectivity index (χ2n) is 9.55. The van der Waals surface area contributed by atoms with E-state index in [9.17, 15) is 29.7 Å². The number of carbonyl (C=O) groups excluding carboxylic acids is 1. The third-order valence-corrected chi connectivity index (χ3v) is 6.29. The summed E-state index contributed by atoms with van der Waals surface area (Å²) < 4.78 is 4.84. The number of aliphatic hydroxyl groups excluding tert-OH is 2. The molecule has 3 unspecified atom stereocenters. The van der Waals surface area contributed by atoms with Gasteiger partial charge in [0.2, 0.25) is 0 Å². The summed E-state index contributed by atoms with van der Waals surface area (Å²) in [6.07, 6.45) is 17.0. The van der Waals surface area contributed by atoms with Crippen molar-refractivity contribution in [2.45, 2.75) is 121 Å². The van der Waals surface area contributed by atoms with Crippen molar-refractivity contribution < 1.29 is 44.7 Å². The first-order valence-corrected chi connectivity index (χ1v) is 13.5. The Morgan fingerprint density at radius 2 is 1.33 bits per heavy atom. The van der Waals surface area contributed by atoms with Gasteiger partial charge in [0.1, 0.15) is 12.7 Å². The SMILES string of the molecule is CCCCCCCCC=CCCCCCCCCC(C(=O)OCC(O)CO)C(O)(CC(=O)O)C(=O)O. The molecule has 0 radical (unpaired) electrons. The fourth-order valence-electron chi connectivity index (χ4n) is 4.06. The zero-order valence-corrected chi connectivity index (χ0v) is 21.9. The van der Waals surface area contributed by atoms with Crippen LogP contribution in [0, 0.1) is 5.92 Å². The van der Waals surface area contributed by atoms with Crippen LogP contribution in [0.4, 0.5) is 0 Å². The van der Waals surface area contributed by atoms with E-state index in [1.165, 1.54) is 38.5 Å². The van der Waals surface area contributed by atoms with Gasteiger partial charge in [-0.05, 0) is 32.1 Å². The summed E-state index contributed by atoms with van der Waals surface area (Å²) in [6, 6.07) is 0. The van der Waals surface area contributed by atoms with Gasteiger partial charge in [0.15, 0.2) is 5.60 Å². The molecule has 3 atom stereocenters. The average molecular weight is 517 g/mol. The van der Waals surface area contributed by atoms with Gasteiger partial charge < -0.3 is 30.3 Å². The molecule has 0 bridgehead atoms. The van der Waals surface area contributed by atoms with Crippen molar-refractivity contribution >= 4 is 17.9 Å². The van der Waals surface area contributed by atoms with E-state index in [1.54, 1.807) is 0 Å². The van der Waals surface area contributed by atoms with Crippen molar-refractivity contribution in [1.29, 1.82) is 0 Å². The second kappa shape index (κ2) is 21.1. The van der Waals surface area contributed by atoms with Gasteiger partial charge >= 0.3 is 17.9 Å². The maximum atomic E-state index is 12.4. The minimum Gasteiger partial charge on any atom is -0.481 e. The lowest BCUT2D eigenvalue weighted by atomic mass is 9.81. The monoisotopic (exact) mass is 516 g/mol. The molecular weight excluding hydrogens is 468 g/mol. The molecule has 0 saturated heterocycles. The van der Waals surface area contributed by atoms with Crippen molar-refractivity contribution in [2.24, 2.45) is 5.92 Å². The highest BCUT2D eigenvalue weighted by molar-refractivity contribution is 5.90. The minimum atomic E-state index is -2.82. The van der Waals surface area contributed by atoms with Crippen molar-refractivity contribution in [3.8, 4) is 0 Å². The highest BCUT2D eigenvalue weighted by Crippen LogP contribution is 2.29. The van der Waals surface area contributed by atoms with Crippen LogP contribution in [-0.2, 0) is 19.1 Å². The van der Waals surface area contributed by atoms with Crippen LogP contribution in [0.15, 0.2) is 12.2 Å². The molecule has 0 aromatic heterocycles. The first-order valence-electron chi connectivity index (χ1n) is 13.5. The standard InChI is InChI=1S/C27H48O9/c1-2-3-4-5-6-7-8-9-10-11-12-13-14-15-16-17-18-23(25(32)36-21-22(29)20-28)27(35,26(33)34)19-24(30)31/h9-10,22-23,28-29,35H,2-8,11-21H2,1H3,(H,30,31)(H,33,34). The summed E-state index contributed by atoms with van der Waals surface area (Å²) in [6.45, 7) is 0.979. The van der Waals surface area contributed by atoms with Crippen molar-refractivity contribution in [3.05, 3.63) is 12.2 Å². The molecule has 0 fully saturated rings. The van der Waals surface area contributed by atoms with Crippen LogP contribution in [0.2, 0.25) is 0 Å². The molecule has 0 rings (SSSR count). The number of hydrogen-bond donors (Lipinski definition) is 5. The Hall–Kier alpha value is -1.97. The van der Waals surface area contributed by atoms with Gasteiger partial charge in [-0.2, -0.15) is 0 Å². The Morgan fingerprint density at radius 3 is 1.81 bits per heavy atom. The predicted molar refractivity (Wildman–Crippen MR) is 136 cm³/mol. The van der Waals surface area contributed by atoms with Crippen LogP contribution in [0.25, 0.3) is 0 Å². The van der Waals surface area contributed by atoms with Crippen LogP contribution in [0.1, 0.15) is 110 Å². The van der Waals surface area contributed by atoms with Crippen molar-refractivity contribution in [1.82, 2.24) is 0 Å². The highest BCUT2D eigenvalue weighted by atomic mass is 16.5. The summed E-state index contributed by atoms with van der Waals surface area (Å²) in [5, 5.41) is 47.2. The van der Waals surface area contributed by atoms with Gasteiger partial charge in [-0.3, -0.25) is 9.59 Å². The molecule has 210 valence electrons. The van der Waals surface area contributed by atoms with Crippen LogP contribution in [0.3, 0.4) is 0 Å². The quantitative estimate of drug-likeness (QED) is 0.0718. The summed E-state index contributed by atoms with van der Waals surface area (Å²) in [5.74, 6) is -6.09. The topological polar surface area (TPSA) is 162 Å². The van der Waals surface area contributed by atoms with Crippen molar-refractivity contribution in [3.63, 3.8) is 0 Å². The average Bonchev–Trinajstić information content (AvgIpc) is 2.83. The molecule has 0 spiro atoms. The molecule has 0 aromatic carbocycles. The molecule has 9 heteroatoms. The normalized spacial score (nSPS) is 14.9. The van der Waals surface area contributed by atoms with E-state index >= 15 is 0 Å². The summed E-state index contributed by atoms with van der Waals surface area (Å²) in [4.78, 5) is 35.2. The number of aliphatic hydroxyl groups is 3.